The molecule has 0 saturated heterocycles. The average molecular weight is 263 g/mol. The van der Waals surface area contributed by atoms with Crippen LogP contribution in [0.5, 0.6) is 0 Å². The Hall–Kier alpha value is -1.28. The smallest absolute Gasteiger partial charge is 0.0946 e. The molecule has 0 aliphatic carbocycles. The molecule has 1 aromatic carbocycles. The number of halogens is 1. The Balaban J connectivity index is 2.22. The van der Waals surface area contributed by atoms with Crippen LogP contribution in [0.4, 0.5) is 0 Å². The quantitative estimate of drug-likeness (QED) is 0.783. The highest BCUT2D eigenvalue weighted by atomic mass is 35.5. The number of hydrogen-bond acceptors (Lipinski definition) is 1. The largest absolute Gasteiger partial charge is 0.337 e. The maximum atomic E-state index is 6.32. The molecule has 3 heteroatoms. The van der Waals surface area contributed by atoms with Crippen LogP contribution < -0.4 is 0 Å². The van der Waals surface area contributed by atoms with Gasteiger partial charge in [-0.3, -0.25) is 0 Å². The Morgan fingerprint density at radius 2 is 2.06 bits per heavy atom. The highest BCUT2D eigenvalue weighted by Crippen LogP contribution is 2.30. The Kier molecular flexibility index (Phi) is 4.43. The van der Waals surface area contributed by atoms with E-state index < -0.39 is 0 Å². The van der Waals surface area contributed by atoms with Crippen LogP contribution >= 0.6 is 11.6 Å². The highest BCUT2D eigenvalue weighted by molar-refractivity contribution is 6.31. The van der Waals surface area contributed by atoms with Crippen molar-refractivity contribution in [1.29, 1.82) is 0 Å². The molecule has 2 aromatic rings. The van der Waals surface area contributed by atoms with Crippen molar-refractivity contribution in [3.05, 3.63) is 53.6 Å². The molecule has 96 valence electrons. The first-order chi connectivity index (χ1) is 8.66. The molecule has 0 amide bonds. The molecule has 0 saturated carbocycles. The third kappa shape index (κ3) is 3.36. The van der Waals surface area contributed by atoms with Gasteiger partial charge >= 0.3 is 0 Å². The fourth-order valence-corrected chi connectivity index (χ4v) is 2.61. The molecule has 1 unspecified atom stereocenters. The zero-order chi connectivity index (χ0) is 13.0. The number of aromatic nitrogens is 2. The zero-order valence-electron chi connectivity index (χ0n) is 10.9. The predicted octanol–water partition coefficient (Wildman–Crippen LogP) is 4.37. The summed E-state index contributed by atoms with van der Waals surface area (Å²) in [6.07, 6.45) is 6.81. The molecule has 1 heterocycles. The molecule has 0 bridgehead atoms. The predicted molar refractivity (Wildman–Crippen MR) is 75.9 cm³/mol. The second-order valence-electron chi connectivity index (χ2n) is 5.11. The Bertz CT molecular complexity index is 477. The van der Waals surface area contributed by atoms with Crippen LogP contribution in [-0.2, 0) is 6.54 Å². The molecule has 1 aromatic heterocycles. The van der Waals surface area contributed by atoms with E-state index in [0.29, 0.717) is 11.8 Å². The van der Waals surface area contributed by atoms with Gasteiger partial charge in [-0.25, -0.2) is 4.98 Å². The summed E-state index contributed by atoms with van der Waals surface area (Å²) in [7, 11) is 0. The van der Waals surface area contributed by atoms with E-state index in [1.165, 1.54) is 5.56 Å². The molecule has 0 aliphatic rings. The van der Waals surface area contributed by atoms with Crippen LogP contribution in [0.1, 0.15) is 31.7 Å². The molecule has 0 radical (unpaired) electrons. The maximum absolute atomic E-state index is 6.32. The summed E-state index contributed by atoms with van der Waals surface area (Å²) in [6, 6.07) is 8.14. The van der Waals surface area contributed by atoms with Crippen molar-refractivity contribution in [3.8, 4) is 0 Å². The average Bonchev–Trinajstić information content (AvgIpc) is 2.81. The summed E-state index contributed by atoms with van der Waals surface area (Å²) in [6.45, 7) is 5.43. The molecule has 2 nitrogen and oxygen atoms in total. The van der Waals surface area contributed by atoms with E-state index in [2.05, 4.69) is 35.5 Å². The summed E-state index contributed by atoms with van der Waals surface area (Å²) >= 11 is 6.32. The van der Waals surface area contributed by atoms with Gasteiger partial charge in [-0.05, 0) is 24.0 Å². The summed E-state index contributed by atoms with van der Waals surface area (Å²) in [5.41, 5.74) is 1.24. The summed E-state index contributed by atoms with van der Waals surface area (Å²) in [5.74, 6) is 1.09. The van der Waals surface area contributed by atoms with Crippen molar-refractivity contribution < 1.29 is 0 Å². The van der Waals surface area contributed by atoms with Crippen LogP contribution in [0.2, 0.25) is 5.02 Å². The van der Waals surface area contributed by atoms with Gasteiger partial charge in [0.25, 0.3) is 0 Å². The number of hydrogen-bond donors (Lipinski definition) is 0. The number of benzene rings is 1. The van der Waals surface area contributed by atoms with E-state index in [0.717, 1.165) is 18.0 Å². The van der Waals surface area contributed by atoms with Crippen LogP contribution in [0, 0.1) is 5.92 Å². The van der Waals surface area contributed by atoms with E-state index >= 15 is 0 Å². The molecule has 18 heavy (non-hydrogen) atoms. The lowest BCUT2D eigenvalue weighted by Gasteiger charge is -2.21. The minimum Gasteiger partial charge on any atom is -0.337 e. The van der Waals surface area contributed by atoms with Crippen molar-refractivity contribution >= 4 is 11.6 Å². The van der Waals surface area contributed by atoms with Crippen molar-refractivity contribution in [2.45, 2.75) is 32.7 Å². The van der Waals surface area contributed by atoms with Crippen molar-refractivity contribution in [3.63, 3.8) is 0 Å². The lowest BCUT2D eigenvalue weighted by molar-refractivity contribution is 0.449. The number of rotatable bonds is 5. The van der Waals surface area contributed by atoms with Gasteiger partial charge in [0.05, 0.1) is 6.33 Å². The van der Waals surface area contributed by atoms with Crippen molar-refractivity contribution in [2.75, 3.05) is 0 Å². The first kappa shape index (κ1) is 13.2. The minimum absolute atomic E-state index is 0.438. The van der Waals surface area contributed by atoms with Gasteiger partial charge in [0, 0.05) is 29.9 Å². The summed E-state index contributed by atoms with van der Waals surface area (Å²) in [5, 5.41) is 0.864. The molecule has 0 fully saturated rings. The van der Waals surface area contributed by atoms with Gasteiger partial charge in [0.2, 0.25) is 0 Å². The number of nitrogens with zero attached hydrogens (tertiary/aromatic N) is 2. The summed E-state index contributed by atoms with van der Waals surface area (Å²) in [4.78, 5) is 4.10. The monoisotopic (exact) mass is 262 g/mol. The Morgan fingerprint density at radius 1 is 1.28 bits per heavy atom. The normalized spacial score (nSPS) is 12.9. The molecule has 1 atom stereocenters. The standard InChI is InChI=1S/C15H19ClN2/c1-12(2)9-13(10-18-8-7-17-11-18)14-5-3-4-6-15(14)16/h3-8,11-13H,9-10H2,1-2H3. The maximum Gasteiger partial charge on any atom is 0.0946 e. The van der Waals surface area contributed by atoms with Gasteiger partial charge in [0.1, 0.15) is 0 Å². The molecular weight excluding hydrogens is 244 g/mol. The lowest BCUT2D eigenvalue weighted by Crippen LogP contribution is -2.11. The zero-order valence-corrected chi connectivity index (χ0v) is 11.6. The highest BCUT2D eigenvalue weighted by Gasteiger charge is 2.16. The van der Waals surface area contributed by atoms with E-state index in [9.17, 15) is 0 Å². The van der Waals surface area contributed by atoms with E-state index in [-0.39, 0.29) is 0 Å². The van der Waals surface area contributed by atoms with Crippen molar-refractivity contribution in [1.82, 2.24) is 9.55 Å². The topological polar surface area (TPSA) is 17.8 Å². The molecule has 0 N–H and O–H groups in total. The first-order valence-electron chi connectivity index (χ1n) is 6.37. The fourth-order valence-electron chi connectivity index (χ4n) is 2.32. The van der Waals surface area contributed by atoms with Gasteiger partial charge in [-0.15, -0.1) is 0 Å². The molecule has 0 aliphatic heterocycles. The second-order valence-corrected chi connectivity index (χ2v) is 5.51. The van der Waals surface area contributed by atoms with Crippen molar-refractivity contribution in [2.24, 2.45) is 5.92 Å². The Labute approximate surface area is 114 Å². The third-order valence-electron chi connectivity index (χ3n) is 3.09. The van der Waals surface area contributed by atoms with Crippen LogP contribution in [0.3, 0.4) is 0 Å². The Morgan fingerprint density at radius 3 is 2.67 bits per heavy atom. The van der Waals surface area contributed by atoms with Crippen LogP contribution in [-0.4, -0.2) is 9.55 Å². The number of imidazole rings is 1. The SMILES string of the molecule is CC(C)CC(Cn1ccnc1)c1ccccc1Cl. The molecule has 2 rings (SSSR count). The van der Waals surface area contributed by atoms with E-state index in [1.807, 2.05) is 30.9 Å². The first-order valence-corrected chi connectivity index (χ1v) is 6.74. The molecule has 0 spiro atoms. The van der Waals surface area contributed by atoms with Crippen LogP contribution in [0.15, 0.2) is 43.0 Å². The molecular formula is C15H19ClN2. The fraction of sp³-hybridized carbons (Fsp3) is 0.400. The van der Waals surface area contributed by atoms with Gasteiger partial charge in [-0.1, -0.05) is 43.6 Å². The third-order valence-corrected chi connectivity index (χ3v) is 3.44. The van der Waals surface area contributed by atoms with E-state index in [4.69, 9.17) is 11.6 Å². The van der Waals surface area contributed by atoms with Gasteiger partial charge in [0.15, 0.2) is 0 Å². The second kappa shape index (κ2) is 6.05. The van der Waals surface area contributed by atoms with Crippen LogP contribution in [0.25, 0.3) is 0 Å². The lowest BCUT2D eigenvalue weighted by atomic mass is 9.90. The minimum atomic E-state index is 0.438. The van der Waals surface area contributed by atoms with E-state index in [1.54, 1.807) is 0 Å². The van der Waals surface area contributed by atoms with Gasteiger partial charge < -0.3 is 4.57 Å². The summed E-state index contributed by atoms with van der Waals surface area (Å²) < 4.78 is 2.12. The van der Waals surface area contributed by atoms with Gasteiger partial charge in [-0.2, -0.15) is 0 Å².